The van der Waals surface area contributed by atoms with Crippen LogP contribution < -0.4 is 4.67 Å². The zero-order valence-electron chi connectivity index (χ0n) is 17.2. The molecule has 0 fully saturated rings. The summed E-state index contributed by atoms with van der Waals surface area (Å²) < 4.78 is 1.69. The van der Waals surface area contributed by atoms with Gasteiger partial charge in [-0.2, -0.15) is 0 Å². The lowest BCUT2D eigenvalue weighted by molar-refractivity contribution is 0.483. The molecule has 0 saturated carbocycles. The first-order valence-corrected chi connectivity index (χ1v) is 11.7. The number of hydrogen-bond donors (Lipinski definition) is 2. The molecule has 0 amide bonds. The molecule has 0 bridgehead atoms. The van der Waals surface area contributed by atoms with Crippen molar-refractivity contribution in [3.05, 3.63) is 109 Å². The van der Waals surface area contributed by atoms with Gasteiger partial charge in [0.25, 0.3) is 8.53 Å². The minimum atomic E-state index is -2.44. The molecule has 32 heavy (non-hydrogen) atoms. The highest BCUT2D eigenvalue weighted by Gasteiger charge is 2.23. The van der Waals surface area contributed by atoms with Crippen molar-refractivity contribution in [1.82, 2.24) is 0 Å². The van der Waals surface area contributed by atoms with E-state index in [-0.39, 0.29) is 0 Å². The van der Waals surface area contributed by atoms with Crippen LogP contribution in [-0.2, 0) is 0 Å². The minimum Gasteiger partial charge on any atom is -0.333 e. The summed E-state index contributed by atoms with van der Waals surface area (Å²) in [6.45, 7) is 0. The summed E-state index contributed by atoms with van der Waals surface area (Å²) in [4.78, 5) is 21.5. The number of hydrogen-bond acceptors (Lipinski definition) is 3. The van der Waals surface area contributed by atoms with E-state index in [1.165, 1.54) is 0 Å². The summed E-state index contributed by atoms with van der Waals surface area (Å²) in [5, 5.41) is 8.57. The van der Waals surface area contributed by atoms with E-state index in [4.69, 9.17) is 0 Å². The molecule has 0 aliphatic heterocycles. The lowest BCUT2D eigenvalue weighted by atomic mass is 9.98. The van der Waals surface area contributed by atoms with Gasteiger partial charge in [0.1, 0.15) is 0 Å². The Morgan fingerprint density at radius 2 is 0.781 bits per heavy atom. The third kappa shape index (κ3) is 2.95. The van der Waals surface area contributed by atoms with Crippen molar-refractivity contribution in [2.24, 2.45) is 0 Å². The van der Waals surface area contributed by atoms with Crippen LogP contribution in [-0.4, -0.2) is 9.79 Å². The number of nitrogens with zero attached hydrogens (tertiary/aromatic N) is 1. The molecule has 0 spiro atoms. The van der Waals surface area contributed by atoms with Crippen molar-refractivity contribution in [2.75, 3.05) is 4.67 Å². The fraction of sp³-hybridized carbons (Fsp3) is 0. The Labute approximate surface area is 186 Å². The van der Waals surface area contributed by atoms with Crippen LogP contribution in [0.3, 0.4) is 0 Å². The third-order valence-electron chi connectivity index (χ3n) is 6.13. The first-order chi connectivity index (χ1) is 15.7. The van der Waals surface area contributed by atoms with Crippen molar-refractivity contribution >= 4 is 63.0 Å². The number of rotatable bonds is 3. The first kappa shape index (κ1) is 19.2. The standard InChI is InChI=1S/C28H20NO2P/c30-32(31)29(27-17-19-9-1-3-11-21(19)23-13-5-7-15-25(23)27)28-18-20-10-2-4-12-22(20)24-14-6-8-16-26(24)28/h1-18,30-31H. The highest BCUT2D eigenvalue weighted by Crippen LogP contribution is 2.50. The van der Waals surface area contributed by atoms with Gasteiger partial charge in [0.05, 0.1) is 11.4 Å². The van der Waals surface area contributed by atoms with Gasteiger partial charge in [0, 0.05) is 10.8 Å². The molecule has 0 heterocycles. The van der Waals surface area contributed by atoms with E-state index >= 15 is 0 Å². The molecule has 0 aromatic heterocycles. The van der Waals surface area contributed by atoms with E-state index in [1.807, 2.05) is 60.7 Å². The Kier molecular flexibility index (Phi) is 4.55. The second-order valence-electron chi connectivity index (χ2n) is 7.90. The van der Waals surface area contributed by atoms with Gasteiger partial charge in [0.15, 0.2) is 0 Å². The first-order valence-electron chi connectivity index (χ1n) is 10.5. The zero-order valence-corrected chi connectivity index (χ0v) is 18.1. The SMILES string of the molecule is OP(O)N(c1cc2ccccc2c2ccccc12)c1cc2ccccc2c2ccccc12. The molecule has 154 valence electrons. The van der Waals surface area contributed by atoms with E-state index in [2.05, 4.69) is 48.5 Å². The van der Waals surface area contributed by atoms with E-state index in [9.17, 15) is 9.79 Å². The van der Waals surface area contributed by atoms with Gasteiger partial charge in [-0.15, -0.1) is 0 Å². The van der Waals surface area contributed by atoms with Gasteiger partial charge in [-0.05, 0) is 44.5 Å². The second kappa shape index (κ2) is 7.58. The van der Waals surface area contributed by atoms with E-state index in [0.717, 1.165) is 54.5 Å². The van der Waals surface area contributed by atoms with Gasteiger partial charge in [-0.3, -0.25) is 4.67 Å². The Balaban J connectivity index is 1.74. The second-order valence-corrected chi connectivity index (χ2v) is 8.84. The van der Waals surface area contributed by atoms with Crippen molar-refractivity contribution in [3.8, 4) is 0 Å². The van der Waals surface area contributed by atoms with Crippen LogP contribution >= 0.6 is 8.53 Å². The fourth-order valence-electron chi connectivity index (χ4n) is 4.74. The van der Waals surface area contributed by atoms with Crippen molar-refractivity contribution in [2.45, 2.75) is 0 Å². The maximum absolute atomic E-state index is 10.7. The molecule has 6 aromatic rings. The number of benzene rings is 6. The van der Waals surface area contributed by atoms with Crippen LogP contribution in [0.1, 0.15) is 0 Å². The monoisotopic (exact) mass is 433 g/mol. The Morgan fingerprint density at radius 3 is 1.19 bits per heavy atom. The van der Waals surface area contributed by atoms with Crippen molar-refractivity contribution < 1.29 is 9.79 Å². The summed E-state index contributed by atoms with van der Waals surface area (Å²) in [6, 6.07) is 36.9. The molecular formula is C28H20NO2P. The third-order valence-corrected chi connectivity index (χ3v) is 6.92. The quantitative estimate of drug-likeness (QED) is 0.223. The molecule has 2 N–H and O–H groups in total. The van der Waals surface area contributed by atoms with Crippen LogP contribution in [0.25, 0.3) is 43.1 Å². The Hall–Kier alpha value is -3.49. The van der Waals surface area contributed by atoms with Gasteiger partial charge in [-0.25, -0.2) is 0 Å². The van der Waals surface area contributed by atoms with Crippen LogP contribution in [0, 0.1) is 0 Å². The van der Waals surface area contributed by atoms with Gasteiger partial charge in [0.2, 0.25) is 0 Å². The molecule has 0 aliphatic rings. The zero-order chi connectivity index (χ0) is 21.7. The number of anilines is 2. The molecule has 6 rings (SSSR count). The minimum absolute atomic E-state index is 0.788. The molecule has 0 unspecified atom stereocenters. The van der Waals surface area contributed by atoms with Crippen LogP contribution in [0.4, 0.5) is 11.4 Å². The molecule has 4 heteroatoms. The van der Waals surface area contributed by atoms with Crippen LogP contribution in [0.5, 0.6) is 0 Å². The summed E-state index contributed by atoms with van der Waals surface area (Å²) in [5.41, 5.74) is 1.58. The van der Waals surface area contributed by atoms with Crippen LogP contribution in [0.15, 0.2) is 109 Å². The largest absolute Gasteiger partial charge is 0.333 e. The summed E-state index contributed by atoms with van der Waals surface area (Å²) in [5.74, 6) is 0. The van der Waals surface area contributed by atoms with E-state index < -0.39 is 8.53 Å². The molecule has 3 nitrogen and oxygen atoms in total. The average molecular weight is 433 g/mol. The summed E-state index contributed by atoms with van der Waals surface area (Å²) >= 11 is 0. The van der Waals surface area contributed by atoms with Gasteiger partial charge < -0.3 is 9.79 Å². The molecule has 0 radical (unpaired) electrons. The maximum atomic E-state index is 10.7. The van der Waals surface area contributed by atoms with E-state index in [1.54, 1.807) is 4.67 Å². The van der Waals surface area contributed by atoms with Crippen molar-refractivity contribution in [3.63, 3.8) is 0 Å². The molecular weight excluding hydrogens is 413 g/mol. The summed E-state index contributed by atoms with van der Waals surface area (Å²) in [6.07, 6.45) is 0. The highest BCUT2D eigenvalue weighted by atomic mass is 31.2. The molecule has 0 aliphatic carbocycles. The normalized spacial score (nSPS) is 11.7. The highest BCUT2D eigenvalue weighted by molar-refractivity contribution is 7.47. The van der Waals surface area contributed by atoms with Crippen molar-refractivity contribution in [1.29, 1.82) is 0 Å². The molecule has 0 saturated heterocycles. The predicted octanol–water partition coefficient (Wildman–Crippen LogP) is 7.65. The van der Waals surface area contributed by atoms with E-state index in [0.29, 0.717) is 0 Å². The fourth-order valence-corrected chi connectivity index (χ4v) is 5.46. The van der Waals surface area contributed by atoms with Gasteiger partial charge >= 0.3 is 0 Å². The lowest BCUT2D eigenvalue weighted by Gasteiger charge is -2.28. The lowest BCUT2D eigenvalue weighted by Crippen LogP contribution is -2.11. The molecule has 6 aromatic carbocycles. The summed E-state index contributed by atoms with van der Waals surface area (Å²) in [7, 11) is -2.44. The topological polar surface area (TPSA) is 43.7 Å². The molecule has 0 atom stereocenters. The average Bonchev–Trinajstić information content (AvgIpc) is 2.84. The van der Waals surface area contributed by atoms with Gasteiger partial charge in [-0.1, -0.05) is 97.1 Å². The Morgan fingerprint density at radius 1 is 0.438 bits per heavy atom. The van der Waals surface area contributed by atoms with Crippen LogP contribution in [0.2, 0.25) is 0 Å². The number of fused-ring (bicyclic) bond motifs is 6. The Bertz CT molecular complexity index is 1510. The predicted molar refractivity (Wildman–Crippen MR) is 136 cm³/mol. The maximum Gasteiger partial charge on any atom is 0.289 e. The smallest absolute Gasteiger partial charge is 0.289 e.